The first-order chi connectivity index (χ1) is 12.1. The van der Waals surface area contributed by atoms with Crippen LogP contribution < -0.4 is 4.74 Å². The van der Waals surface area contributed by atoms with E-state index in [4.69, 9.17) is 32.7 Å². The highest BCUT2D eigenvalue weighted by Crippen LogP contribution is 2.36. The number of rotatable bonds is 6. The van der Waals surface area contributed by atoms with Gasteiger partial charge in [0.05, 0.1) is 19.8 Å². The SMILES string of the molecule is CCC(COC)n1c(OC)nc2c(-c3ccc(Cl)cc3Cl)ccnc21. The molecule has 0 aliphatic carbocycles. The number of hydrogen-bond donors (Lipinski definition) is 0. The number of ether oxygens (including phenoxy) is 2. The highest BCUT2D eigenvalue weighted by atomic mass is 35.5. The van der Waals surface area contributed by atoms with Crippen molar-refractivity contribution in [2.45, 2.75) is 19.4 Å². The molecule has 132 valence electrons. The van der Waals surface area contributed by atoms with Crippen LogP contribution in [0.2, 0.25) is 10.0 Å². The molecule has 1 atom stereocenters. The molecule has 0 amide bonds. The van der Waals surface area contributed by atoms with Crippen molar-refractivity contribution < 1.29 is 9.47 Å². The second-order valence-electron chi connectivity index (χ2n) is 5.64. The second-order valence-corrected chi connectivity index (χ2v) is 6.48. The van der Waals surface area contributed by atoms with Crippen molar-refractivity contribution in [1.82, 2.24) is 14.5 Å². The lowest BCUT2D eigenvalue weighted by Gasteiger charge is -2.18. The first-order valence-electron chi connectivity index (χ1n) is 7.96. The number of methoxy groups -OCH3 is 2. The van der Waals surface area contributed by atoms with Crippen molar-refractivity contribution in [2.24, 2.45) is 0 Å². The lowest BCUT2D eigenvalue weighted by Crippen LogP contribution is -2.15. The van der Waals surface area contributed by atoms with Gasteiger partial charge >= 0.3 is 0 Å². The van der Waals surface area contributed by atoms with Gasteiger partial charge in [-0.3, -0.25) is 4.57 Å². The van der Waals surface area contributed by atoms with Crippen LogP contribution in [0.25, 0.3) is 22.3 Å². The van der Waals surface area contributed by atoms with Crippen LogP contribution in [0.4, 0.5) is 0 Å². The molecule has 5 nitrogen and oxygen atoms in total. The van der Waals surface area contributed by atoms with Gasteiger partial charge in [0.15, 0.2) is 5.65 Å². The van der Waals surface area contributed by atoms with E-state index >= 15 is 0 Å². The summed E-state index contributed by atoms with van der Waals surface area (Å²) in [5.74, 6) is 0. The summed E-state index contributed by atoms with van der Waals surface area (Å²) in [5, 5.41) is 1.16. The number of fused-ring (bicyclic) bond motifs is 1. The maximum Gasteiger partial charge on any atom is 0.298 e. The normalized spacial score (nSPS) is 12.5. The van der Waals surface area contributed by atoms with Crippen LogP contribution in [0.15, 0.2) is 30.5 Å². The minimum Gasteiger partial charge on any atom is -0.468 e. The fourth-order valence-electron chi connectivity index (χ4n) is 2.94. The highest BCUT2D eigenvalue weighted by Gasteiger charge is 2.22. The predicted octanol–water partition coefficient (Wildman–Crippen LogP) is 5.01. The fraction of sp³-hybridized carbons (Fsp3) is 0.333. The first-order valence-corrected chi connectivity index (χ1v) is 8.71. The molecule has 1 unspecified atom stereocenters. The Hall–Kier alpha value is -1.82. The first kappa shape index (κ1) is 18.0. The Balaban J connectivity index is 2.25. The van der Waals surface area contributed by atoms with Gasteiger partial charge in [0, 0.05) is 34.5 Å². The van der Waals surface area contributed by atoms with Crippen molar-refractivity contribution in [3.63, 3.8) is 0 Å². The third-order valence-electron chi connectivity index (χ3n) is 4.15. The van der Waals surface area contributed by atoms with E-state index in [9.17, 15) is 0 Å². The molecule has 25 heavy (non-hydrogen) atoms. The number of pyridine rings is 1. The monoisotopic (exact) mass is 379 g/mol. The van der Waals surface area contributed by atoms with Gasteiger partial charge in [-0.05, 0) is 24.6 Å². The fourth-order valence-corrected chi connectivity index (χ4v) is 3.45. The minimum absolute atomic E-state index is 0.0772. The van der Waals surface area contributed by atoms with E-state index in [2.05, 4.69) is 16.9 Å². The zero-order chi connectivity index (χ0) is 18.0. The zero-order valence-electron chi connectivity index (χ0n) is 14.3. The summed E-state index contributed by atoms with van der Waals surface area (Å²) in [6.07, 6.45) is 2.61. The number of halogens is 2. The molecular formula is C18H19Cl2N3O2. The maximum atomic E-state index is 6.39. The molecule has 0 fully saturated rings. The second kappa shape index (κ2) is 7.60. The summed E-state index contributed by atoms with van der Waals surface area (Å²) in [6, 6.07) is 7.89. The van der Waals surface area contributed by atoms with Crippen molar-refractivity contribution in [2.75, 3.05) is 20.8 Å². The summed E-state index contributed by atoms with van der Waals surface area (Å²) in [7, 11) is 3.28. The standard InChI is InChI=1S/C18H19Cl2N3O2/c1-4-12(10-24-2)23-17-16(22-18(23)25-3)14(7-8-21-17)13-6-5-11(19)9-15(13)20/h5-9,12H,4,10H2,1-3H3. The van der Waals surface area contributed by atoms with Gasteiger partial charge in [-0.1, -0.05) is 36.2 Å². The zero-order valence-corrected chi connectivity index (χ0v) is 15.8. The van der Waals surface area contributed by atoms with Gasteiger partial charge in [-0.15, -0.1) is 0 Å². The Morgan fingerprint density at radius 1 is 1.16 bits per heavy atom. The van der Waals surface area contributed by atoms with E-state index in [1.165, 1.54) is 0 Å². The molecule has 0 bridgehead atoms. The maximum absolute atomic E-state index is 6.39. The van der Waals surface area contributed by atoms with Gasteiger partial charge in [-0.25, -0.2) is 4.98 Å². The predicted molar refractivity (Wildman–Crippen MR) is 101 cm³/mol. The molecular weight excluding hydrogens is 361 g/mol. The molecule has 2 aromatic heterocycles. The number of aromatic nitrogens is 3. The van der Waals surface area contributed by atoms with Crippen LogP contribution in [0.5, 0.6) is 6.01 Å². The Morgan fingerprint density at radius 2 is 1.96 bits per heavy atom. The molecule has 2 heterocycles. The van der Waals surface area contributed by atoms with Crippen molar-refractivity contribution in [3.8, 4) is 17.1 Å². The Morgan fingerprint density at radius 3 is 2.60 bits per heavy atom. The third kappa shape index (κ3) is 3.32. The summed E-state index contributed by atoms with van der Waals surface area (Å²) < 4.78 is 12.8. The summed E-state index contributed by atoms with van der Waals surface area (Å²) in [6.45, 7) is 2.64. The molecule has 0 spiro atoms. The van der Waals surface area contributed by atoms with Crippen LogP contribution in [0.1, 0.15) is 19.4 Å². The molecule has 0 aliphatic heterocycles. The number of nitrogens with zero attached hydrogens (tertiary/aromatic N) is 3. The van der Waals surface area contributed by atoms with E-state index < -0.39 is 0 Å². The largest absolute Gasteiger partial charge is 0.468 e. The molecule has 3 rings (SSSR count). The third-order valence-corrected chi connectivity index (χ3v) is 4.69. The summed E-state index contributed by atoms with van der Waals surface area (Å²) >= 11 is 12.4. The lowest BCUT2D eigenvalue weighted by molar-refractivity contribution is 0.149. The van der Waals surface area contributed by atoms with E-state index in [0.29, 0.717) is 22.7 Å². The van der Waals surface area contributed by atoms with Crippen molar-refractivity contribution >= 4 is 34.4 Å². The van der Waals surface area contributed by atoms with Crippen molar-refractivity contribution in [3.05, 3.63) is 40.5 Å². The molecule has 0 saturated heterocycles. The number of hydrogen-bond acceptors (Lipinski definition) is 4. The number of imidazole rings is 1. The van der Waals surface area contributed by atoms with Gasteiger partial charge in [0.2, 0.25) is 0 Å². The van der Waals surface area contributed by atoms with E-state index in [1.807, 2.05) is 22.8 Å². The number of benzene rings is 1. The Labute approximate surface area is 156 Å². The van der Waals surface area contributed by atoms with Crippen LogP contribution in [0, 0.1) is 0 Å². The van der Waals surface area contributed by atoms with Crippen LogP contribution in [-0.4, -0.2) is 35.4 Å². The van der Waals surface area contributed by atoms with Gasteiger partial charge in [0.25, 0.3) is 6.01 Å². The van der Waals surface area contributed by atoms with E-state index in [-0.39, 0.29) is 6.04 Å². The van der Waals surface area contributed by atoms with Gasteiger partial charge in [0.1, 0.15) is 5.52 Å². The molecule has 0 N–H and O–H groups in total. The molecule has 0 aliphatic rings. The summed E-state index contributed by atoms with van der Waals surface area (Å²) in [4.78, 5) is 9.18. The summed E-state index contributed by atoms with van der Waals surface area (Å²) in [5.41, 5.74) is 3.21. The van der Waals surface area contributed by atoms with E-state index in [1.54, 1.807) is 26.5 Å². The Kier molecular flexibility index (Phi) is 5.47. The molecule has 0 saturated carbocycles. The van der Waals surface area contributed by atoms with Crippen molar-refractivity contribution in [1.29, 1.82) is 0 Å². The molecule has 7 heteroatoms. The minimum atomic E-state index is 0.0772. The highest BCUT2D eigenvalue weighted by molar-refractivity contribution is 6.36. The van der Waals surface area contributed by atoms with Gasteiger partial charge < -0.3 is 9.47 Å². The van der Waals surface area contributed by atoms with Crippen LogP contribution in [-0.2, 0) is 4.74 Å². The van der Waals surface area contributed by atoms with Gasteiger partial charge in [-0.2, -0.15) is 4.98 Å². The van der Waals surface area contributed by atoms with E-state index in [0.717, 1.165) is 28.7 Å². The molecule has 1 aromatic carbocycles. The molecule has 0 radical (unpaired) electrons. The lowest BCUT2D eigenvalue weighted by atomic mass is 10.1. The topological polar surface area (TPSA) is 49.2 Å². The average Bonchev–Trinajstić information content (AvgIpc) is 2.98. The smallest absolute Gasteiger partial charge is 0.298 e. The Bertz CT molecular complexity index is 895. The van der Waals surface area contributed by atoms with Crippen LogP contribution >= 0.6 is 23.2 Å². The quantitative estimate of drug-likeness (QED) is 0.603. The molecule has 3 aromatic rings. The van der Waals surface area contributed by atoms with Crippen LogP contribution in [0.3, 0.4) is 0 Å². The average molecular weight is 380 g/mol.